The highest BCUT2D eigenvalue weighted by atomic mass is 19.1. The molecule has 0 unspecified atom stereocenters. The van der Waals surface area contributed by atoms with E-state index in [-0.39, 0.29) is 18.1 Å². The van der Waals surface area contributed by atoms with E-state index in [9.17, 15) is 9.18 Å². The van der Waals surface area contributed by atoms with Crippen LogP contribution in [0.25, 0.3) is 0 Å². The van der Waals surface area contributed by atoms with Gasteiger partial charge in [-0.1, -0.05) is 12.1 Å². The van der Waals surface area contributed by atoms with Crippen molar-refractivity contribution in [2.75, 3.05) is 0 Å². The van der Waals surface area contributed by atoms with E-state index in [1.165, 1.54) is 18.5 Å². The van der Waals surface area contributed by atoms with E-state index in [0.29, 0.717) is 12.3 Å². The van der Waals surface area contributed by atoms with E-state index in [0.717, 1.165) is 11.3 Å². The minimum Gasteiger partial charge on any atom is -0.446 e. The highest BCUT2D eigenvalue weighted by Gasteiger charge is 2.07. The second-order valence-corrected chi connectivity index (χ2v) is 3.94. The van der Waals surface area contributed by atoms with Crippen LogP contribution in [0, 0.1) is 12.7 Å². The van der Waals surface area contributed by atoms with Gasteiger partial charge in [0.05, 0.1) is 18.7 Å². The molecule has 0 saturated carbocycles. The maximum atomic E-state index is 12.7. The summed E-state index contributed by atoms with van der Waals surface area (Å²) in [4.78, 5) is 15.6. The lowest BCUT2D eigenvalue weighted by Gasteiger charge is -2.03. The number of amides is 1. The number of halogens is 1. The maximum absolute atomic E-state index is 12.7. The molecule has 0 bridgehead atoms. The van der Waals surface area contributed by atoms with Crippen LogP contribution in [0.15, 0.2) is 35.1 Å². The minimum atomic E-state index is -0.309. The smallest absolute Gasteiger partial charge is 0.224 e. The third-order valence-electron chi connectivity index (χ3n) is 2.57. The molecule has 0 aliphatic carbocycles. The Morgan fingerprint density at radius 2 is 2.11 bits per heavy atom. The molecule has 1 N–H and O–H groups in total. The minimum absolute atomic E-state index is 0.141. The molecule has 0 aliphatic heterocycles. The SMILES string of the molecule is Cc1ncoc1CNC(=O)Cc1ccc(F)cc1. The van der Waals surface area contributed by atoms with Crippen molar-refractivity contribution in [3.05, 3.63) is 53.5 Å². The molecule has 4 nitrogen and oxygen atoms in total. The number of aryl methyl sites for hydroxylation is 1. The van der Waals surface area contributed by atoms with E-state index in [4.69, 9.17) is 4.42 Å². The van der Waals surface area contributed by atoms with Crippen molar-refractivity contribution in [3.63, 3.8) is 0 Å². The number of rotatable bonds is 4. The van der Waals surface area contributed by atoms with Crippen LogP contribution in [-0.2, 0) is 17.8 Å². The molecule has 0 saturated heterocycles. The summed E-state index contributed by atoms with van der Waals surface area (Å²) in [6, 6.07) is 5.86. The maximum Gasteiger partial charge on any atom is 0.224 e. The second-order valence-electron chi connectivity index (χ2n) is 3.94. The Labute approximate surface area is 104 Å². The first-order valence-electron chi connectivity index (χ1n) is 5.55. The Balaban J connectivity index is 1.86. The molecule has 1 amide bonds. The topological polar surface area (TPSA) is 55.1 Å². The molecule has 1 heterocycles. The quantitative estimate of drug-likeness (QED) is 0.900. The van der Waals surface area contributed by atoms with Crippen LogP contribution >= 0.6 is 0 Å². The fourth-order valence-electron chi connectivity index (χ4n) is 1.52. The average Bonchev–Trinajstić information content (AvgIpc) is 2.75. The van der Waals surface area contributed by atoms with Gasteiger partial charge in [0.15, 0.2) is 6.39 Å². The van der Waals surface area contributed by atoms with Gasteiger partial charge in [-0.05, 0) is 24.6 Å². The summed E-state index contributed by atoms with van der Waals surface area (Å²) in [5.74, 6) is 0.191. The number of aromatic nitrogens is 1. The fraction of sp³-hybridized carbons (Fsp3) is 0.231. The van der Waals surface area contributed by atoms with Gasteiger partial charge in [-0.2, -0.15) is 0 Å². The number of oxazole rings is 1. The number of benzene rings is 1. The molecule has 2 aromatic rings. The van der Waals surface area contributed by atoms with Crippen LogP contribution in [0.3, 0.4) is 0 Å². The molecule has 0 atom stereocenters. The molecule has 0 aliphatic rings. The van der Waals surface area contributed by atoms with Gasteiger partial charge < -0.3 is 9.73 Å². The Bertz CT molecular complexity index is 534. The number of nitrogens with zero attached hydrogens (tertiary/aromatic N) is 1. The summed E-state index contributed by atoms with van der Waals surface area (Å²) in [6.07, 6.45) is 1.56. The molecule has 0 radical (unpaired) electrons. The van der Waals surface area contributed by atoms with Gasteiger partial charge in [0, 0.05) is 0 Å². The largest absolute Gasteiger partial charge is 0.446 e. The highest BCUT2D eigenvalue weighted by molar-refractivity contribution is 5.78. The van der Waals surface area contributed by atoms with Crippen molar-refractivity contribution < 1.29 is 13.6 Å². The molecule has 2 rings (SSSR count). The van der Waals surface area contributed by atoms with Gasteiger partial charge in [0.2, 0.25) is 5.91 Å². The first-order chi connectivity index (χ1) is 8.65. The summed E-state index contributed by atoms with van der Waals surface area (Å²) < 4.78 is 17.8. The molecule has 0 fully saturated rings. The Kier molecular flexibility index (Phi) is 3.72. The van der Waals surface area contributed by atoms with Gasteiger partial charge in [-0.3, -0.25) is 4.79 Å². The van der Waals surface area contributed by atoms with Crippen LogP contribution in [0.1, 0.15) is 17.0 Å². The fourth-order valence-corrected chi connectivity index (χ4v) is 1.52. The van der Waals surface area contributed by atoms with Crippen molar-refractivity contribution in [2.24, 2.45) is 0 Å². The summed E-state index contributed by atoms with van der Waals surface area (Å²) >= 11 is 0. The van der Waals surface area contributed by atoms with Crippen LogP contribution in [0.2, 0.25) is 0 Å². The molecule has 0 spiro atoms. The van der Waals surface area contributed by atoms with Crippen molar-refractivity contribution in [3.8, 4) is 0 Å². The molecule has 5 heteroatoms. The van der Waals surface area contributed by atoms with E-state index in [2.05, 4.69) is 10.3 Å². The summed E-state index contributed by atoms with van der Waals surface area (Å²) in [6.45, 7) is 2.12. The van der Waals surface area contributed by atoms with Gasteiger partial charge in [-0.15, -0.1) is 0 Å². The number of carbonyl (C=O) groups excluding carboxylic acids is 1. The molecule has 18 heavy (non-hydrogen) atoms. The lowest BCUT2D eigenvalue weighted by molar-refractivity contribution is -0.120. The predicted molar refractivity (Wildman–Crippen MR) is 63.2 cm³/mol. The first-order valence-corrected chi connectivity index (χ1v) is 5.55. The van der Waals surface area contributed by atoms with E-state index < -0.39 is 0 Å². The predicted octanol–water partition coefficient (Wildman–Crippen LogP) is 1.98. The standard InChI is InChI=1S/C13H13FN2O2/c1-9-12(18-8-16-9)7-15-13(17)6-10-2-4-11(14)5-3-10/h2-5,8H,6-7H2,1H3,(H,15,17). The van der Waals surface area contributed by atoms with Gasteiger partial charge in [-0.25, -0.2) is 9.37 Å². The Morgan fingerprint density at radius 1 is 1.39 bits per heavy atom. The van der Waals surface area contributed by atoms with Crippen LogP contribution in [-0.4, -0.2) is 10.9 Å². The summed E-state index contributed by atoms with van der Waals surface area (Å²) in [7, 11) is 0. The van der Waals surface area contributed by atoms with E-state index >= 15 is 0 Å². The lowest BCUT2D eigenvalue weighted by Crippen LogP contribution is -2.24. The second kappa shape index (κ2) is 5.44. The van der Waals surface area contributed by atoms with Crippen molar-refractivity contribution in [2.45, 2.75) is 19.9 Å². The zero-order valence-electron chi connectivity index (χ0n) is 9.94. The van der Waals surface area contributed by atoms with Crippen LogP contribution in [0.5, 0.6) is 0 Å². The van der Waals surface area contributed by atoms with E-state index in [1.807, 2.05) is 6.92 Å². The summed E-state index contributed by atoms with van der Waals surface area (Å²) in [5.41, 5.74) is 1.53. The van der Waals surface area contributed by atoms with Crippen LogP contribution < -0.4 is 5.32 Å². The number of nitrogens with one attached hydrogen (secondary N) is 1. The lowest BCUT2D eigenvalue weighted by atomic mass is 10.1. The normalized spacial score (nSPS) is 10.3. The monoisotopic (exact) mass is 248 g/mol. The Hall–Kier alpha value is -2.17. The number of carbonyl (C=O) groups is 1. The average molecular weight is 248 g/mol. The third-order valence-corrected chi connectivity index (χ3v) is 2.57. The van der Waals surface area contributed by atoms with Gasteiger partial charge in [0.1, 0.15) is 11.6 Å². The number of hydrogen-bond donors (Lipinski definition) is 1. The van der Waals surface area contributed by atoms with Crippen molar-refractivity contribution in [1.29, 1.82) is 0 Å². The third kappa shape index (κ3) is 3.16. The molecule has 1 aromatic carbocycles. The van der Waals surface area contributed by atoms with Gasteiger partial charge >= 0.3 is 0 Å². The molecular formula is C13H13FN2O2. The molecular weight excluding hydrogens is 235 g/mol. The molecule has 1 aromatic heterocycles. The molecule has 94 valence electrons. The van der Waals surface area contributed by atoms with E-state index in [1.54, 1.807) is 12.1 Å². The summed E-state index contributed by atoms with van der Waals surface area (Å²) in [5, 5.41) is 2.72. The number of hydrogen-bond acceptors (Lipinski definition) is 3. The first kappa shape index (κ1) is 12.3. The zero-order chi connectivity index (χ0) is 13.0. The Morgan fingerprint density at radius 3 is 2.72 bits per heavy atom. The zero-order valence-corrected chi connectivity index (χ0v) is 9.94. The van der Waals surface area contributed by atoms with Gasteiger partial charge in [0.25, 0.3) is 0 Å². The van der Waals surface area contributed by atoms with Crippen LogP contribution in [0.4, 0.5) is 4.39 Å². The van der Waals surface area contributed by atoms with Crippen molar-refractivity contribution >= 4 is 5.91 Å². The van der Waals surface area contributed by atoms with Crippen molar-refractivity contribution in [1.82, 2.24) is 10.3 Å². The highest BCUT2D eigenvalue weighted by Crippen LogP contribution is 2.05.